The van der Waals surface area contributed by atoms with Crippen LogP contribution in [0.15, 0.2) is 48.5 Å². The number of esters is 1. The van der Waals surface area contributed by atoms with Crippen molar-refractivity contribution in [3.63, 3.8) is 0 Å². The summed E-state index contributed by atoms with van der Waals surface area (Å²) in [7, 11) is 0. The monoisotopic (exact) mass is 1320 g/mol. The zero-order chi connectivity index (χ0) is 70.5. The van der Waals surface area contributed by atoms with Gasteiger partial charge in [-0.2, -0.15) is 0 Å². The Morgan fingerprint density at radius 3 is 1.51 bits per heavy atom. The van der Waals surface area contributed by atoms with Crippen LogP contribution >= 0.6 is 0 Å². The quantitative estimate of drug-likeness (QED) is 0.0304. The van der Waals surface area contributed by atoms with Crippen LogP contribution in [-0.2, 0) is 75.1 Å². The van der Waals surface area contributed by atoms with Crippen LogP contribution in [0.5, 0.6) is 0 Å². The highest BCUT2D eigenvalue weighted by Crippen LogP contribution is 2.23. The Kier molecular flexibility index (Phi) is 34.3. The summed E-state index contributed by atoms with van der Waals surface area (Å²) in [5.74, 6) is -13.3. The van der Waals surface area contributed by atoms with Gasteiger partial charge in [0.2, 0.25) is 65.0 Å². The molecule has 1 aliphatic rings. The van der Waals surface area contributed by atoms with Crippen LogP contribution in [-0.4, -0.2) is 173 Å². The fourth-order valence-electron chi connectivity index (χ4n) is 10.3. The van der Waals surface area contributed by atoms with Crippen molar-refractivity contribution in [2.75, 3.05) is 19.8 Å². The topological polar surface area (TPSA) is 453 Å². The van der Waals surface area contributed by atoms with Crippen LogP contribution < -0.4 is 70.4 Å². The molecule has 0 aromatic heterocycles. The first kappa shape index (κ1) is 80.2. The molecule has 94 heavy (non-hydrogen) atoms. The molecule has 11 amide bonds. The highest BCUT2D eigenvalue weighted by atomic mass is 16.5. The number of aliphatic hydroxyl groups is 2. The fraction of sp³-hybridized carbons (Fsp3) is 0.636. The summed E-state index contributed by atoms with van der Waals surface area (Å²) in [5.41, 5.74) is 21.5. The molecule has 28 heteroatoms. The SMILES string of the molecule is CCCc1ccc(-c2ccc(C[C@@H](N)C(=O)N[C@H](C(=O)N[C@@H](CO)C(=O)N[C@H](CCC(N)=O)C(=O)N[C@@H](C(=O)N[C@H](C(=O)N[C@@H](CO)C(=O)N[C@H]3C(=O)N[C@@H](C)C(=O)N[C@@H](CCCCN)C(=O)N[C@@H]([C@@H](C)CC)C(=O)O[C@H]3C)[C@@H](C)CC)[C@H](C)CC)[C@@H](C)CC)cc2)cc1. The largest absolute Gasteiger partial charge is 0.458 e. The zero-order valence-corrected chi connectivity index (χ0v) is 56.4. The van der Waals surface area contributed by atoms with E-state index >= 15 is 0 Å². The molecule has 0 spiro atoms. The molecule has 1 saturated heterocycles. The van der Waals surface area contributed by atoms with Crippen molar-refractivity contribution in [2.24, 2.45) is 40.9 Å². The molecule has 1 aliphatic heterocycles. The van der Waals surface area contributed by atoms with E-state index in [0.717, 1.165) is 29.5 Å². The van der Waals surface area contributed by atoms with E-state index in [4.69, 9.17) is 21.9 Å². The van der Waals surface area contributed by atoms with Crippen molar-refractivity contribution in [2.45, 2.75) is 226 Å². The van der Waals surface area contributed by atoms with Crippen LogP contribution in [0.2, 0.25) is 0 Å². The lowest BCUT2D eigenvalue weighted by atomic mass is 9.94. The predicted molar refractivity (Wildman–Crippen MR) is 351 cm³/mol. The number of carbonyl (C=O) groups excluding carboxylic acids is 12. The summed E-state index contributed by atoms with van der Waals surface area (Å²) in [6.45, 7) is 16.6. The Balaban J connectivity index is 1.82. The summed E-state index contributed by atoms with van der Waals surface area (Å²) in [6, 6.07) is 0.104. The third kappa shape index (κ3) is 24.7. The molecule has 2 aromatic carbocycles. The number of nitrogens with two attached hydrogens (primary N) is 3. The van der Waals surface area contributed by atoms with Gasteiger partial charge in [0.25, 0.3) is 0 Å². The van der Waals surface area contributed by atoms with E-state index in [1.54, 1.807) is 55.4 Å². The highest BCUT2D eigenvalue weighted by molar-refractivity contribution is 5.99. The number of benzene rings is 2. The number of rotatable bonds is 36. The number of hydrogen-bond donors (Lipinski definition) is 15. The maximum absolute atomic E-state index is 14.4. The third-order valence-electron chi connectivity index (χ3n) is 17.3. The molecule has 0 unspecified atom stereocenters. The summed E-state index contributed by atoms with van der Waals surface area (Å²) < 4.78 is 5.72. The molecular formula is C66H105N13O15. The van der Waals surface area contributed by atoms with Gasteiger partial charge >= 0.3 is 5.97 Å². The molecule has 28 nitrogen and oxygen atoms in total. The van der Waals surface area contributed by atoms with Crippen molar-refractivity contribution in [1.29, 1.82) is 0 Å². The van der Waals surface area contributed by atoms with Crippen LogP contribution in [0.25, 0.3) is 11.1 Å². The normalized spacial score (nSPS) is 20.5. The molecule has 0 saturated carbocycles. The van der Waals surface area contributed by atoms with Gasteiger partial charge < -0.3 is 85.3 Å². The maximum Gasteiger partial charge on any atom is 0.329 e. The Hall–Kier alpha value is -8.08. The maximum atomic E-state index is 14.4. The van der Waals surface area contributed by atoms with Gasteiger partial charge in [0.05, 0.1) is 19.3 Å². The number of hydrogen-bond acceptors (Lipinski definition) is 17. The van der Waals surface area contributed by atoms with Crippen molar-refractivity contribution >= 4 is 70.9 Å². The number of ether oxygens (including phenoxy) is 1. The highest BCUT2D eigenvalue weighted by Gasteiger charge is 2.41. The standard InChI is InChI=1S/C66H105N13O15/c1-12-19-41-21-25-43(26-22-41)44-27-23-42(24-28-44)32-45(68)57(84)75-51(35(6)13-2)62(89)73-48(33-80)60(87)72-47(29-30-50(69)82)59(86)76-53(37(8)15-4)64(91)77-52(36(7)14-3)63(90)74-49(34-81)61(88)79-55-40(11)94-66(93)54(38(9)16-5)78-58(85)46(20-17-18-31-67)71-56(83)39(10)70-65(55)92/h21-28,35-40,45-49,51-55,80-81H,12-20,29-34,67-68H2,1-11H3,(H2,69,82)(H,70,92)(H,71,83)(H,72,87)(H,73,89)(H,74,90)(H,75,84)(H,76,86)(H,77,91)(H,78,85)(H,79,88)/t35-,36-,37+,38-,39-,40-,45+,46-,47+,48-,49-,51-,52-,53+,54-,55+/m0/s1. The van der Waals surface area contributed by atoms with Crippen LogP contribution in [0.3, 0.4) is 0 Å². The van der Waals surface area contributed by atoms with E-state index < -0.39 is 193 Å². The fourth-order valence-corrected chi connectivity index (χ4v) is 10.3. The second-order valence-corrected chi connectivity index (χ2v) is 24.7. The van der Waals surface area contributed by atoms with Gasteiger partial charge in [0, 0.05) is 6.42 Å². The van der Waals surface area contributed by atoms with Gasteiger partial charge in [0.15, 0.2) is 0 Å². The van der Waals surface area contributed by atoms with E-state index in [1.807, 2.05) is 24.3 Å². The third-order valence-corrected chi connectivity index (χ3v) is 17.3. The number of nitrogens with one attached hydrogen (secondary N) is 10. The van der Waals surface area contributed by atoms with Gasteiger partial charge in [-0.15, -0.1) is 0 Å². The van der Waals surface area contributed by atoms with Crippen LogP contribution in [0, 0.1) is 23.7 Å². The van der Waals surface area contributed by atoms with Gasteiger partial charge in [0.1, 0.15) is 66.5 Å². The lowest BCUT2D eigenvalue weighted by Crippen LogP contribution is -2.63. The predicted octanol–water partition coefficient (Wildman–Crippen LogP) is -0.447. The minimum absolute atomic E-state index is 0.131. The van der Waals surface area contributed by atoms with Gasteiger partial charge in [-0.3, -0.25) is 52.7 Å². The molecule has 0 radical (unpaired) electrons. The van der Waals surface area contributed by atoms with Crippen LogP contribution in [0.4, 0.5) is 0 Å². The Bertz CT molecular complexity index is 2860. The average molecular weight is 1320 g/mol. The van der Waals surface area contributed by atoms with E-state index in [9.17, 15) is 67.7 Å². The molecule has 1 fully saturated rings. The smallest absolute Gasteiger partial charge is 0.329 e. The lowest BCUT2D eigenvalue weighted by molar-refractivity contribution is -0.157. The second kappa shape index (κ2) is 40.2. The van der Waals surface area contributed by atoms with E-state index in [0.29, 0.717) is 32.2 Å². The first-order valence-corrected chi connectivity index (χ1v) is 32.9. The number of carbonyl (C=O) groups is 12. The zero-order valence-electron chi connectivity index (χ0n) is 56.4. The Morgan fingerprint density at radius 1 is 0.564 bits per heavy atom. The number of primary amides is 1. The van der Waals surface area contributed by atoms with Crippen molar-refractivity contribution in [3.05, 3.63) is 59.7 Å². The summed E-state index contributed by atoms with van der Waals surface area (Å²) in [5, 5.41) is 46.5. The molecule has 0 bridgehead atoms. The minimum atomic E-state index is -1.82. The number of aryl methyl sites for hydroxylation is 1. The van der Waals surface area contributed by atoms with Gasteiger partial charge in [-0.25, -0.2) is 4.79 Å². The molecule has 0 aliphatic carbocycles. The summed E-state index contributed by atoms with van der Waals surface area (Å²) >= 11 is 0. The molecule has 3 rings (SSSR count). The molecule has 2 aromatic rings. The average Bonchev–Trinajstić information content (AvgIpc) is 1.28. The Labute approximate surface area is 551 Å². The molecule has 524 valence electrons. The van der Waals surface area contributed by atoms with E-state index in [-0.39, 0.29) is 25.7 Å². The second-order valence-electron chi connectivity index (χ2n) is 24.7. The number of aliphatic hydroxyl groups excluding tert-OH is 2. The van der Waals surface area contributed by atoms with Gasteiger partial charge in [-0.1, -0.05) is 143 Å². The van der Waals surface area contributed by atoms with Crippen molar-refractivity contribution in [3.8, 4) is 11.1 Å². The van der Waals surface area contributed by atoms with Crippen molar-refractivity contribution < 1.29 is 72.5 Å². The number of amides is 11. The summed E-state index contributed by atoms with van der Waals surface area (Å²) in [6.07, 6.45) is 2.24. The van der Waals surface area contributed by atoms with Gasteiger partial charge in [-0.05, 0) is 105 Å². The lowest BCUT2D eigenvalue weighted by Gasteiger charge is -2.31. The molecule has 18 N–H and O–H groups in total. The number of cyclic esters (lactones) is 1. The molecule has 16 atom stereocenters. The number of unbranched alkanes of at least 4 members (excludes halogenated alkanes) is 1. The first-order valence-electron chi connectivity index (χ1n) is 32.9. The summed E-state index contributed by atoms with van der Waals surface area (Å²) in [4.78, 5) is 166. The Morgan fingerprint density at radius 2 is 1.03 bits per heavy atom. The van der Waals surface area contributed by atoms with Crippen molar-refractivity contribution in [1.82, 2.24) is 53.2 Å². The minimum Gasteiger partial charge on any atom is -0.458 e. The molecule has 1 heterocycles. The van der Waals surface area contributed by atoms with E-state index in [1.165, 1.54) is 19.4 Å². The molecular weight excluding hydrogens is 1210 g/mol. The van der Waals surface area contributed by atoms with Crippen LogP contribution in [0.1, 0.15) is 151 Å². The first-order chi connectivity index (χ1) is 44.5. The van der Waals surface area contributed by atoms with E-state index in [2.05, 4.69) is 84.4 Å².